The highest BCUT2D eigenvalue weighted by atomic mass is 35.5. The maximum Gasteiger partial charge on any atom is 0.453 e. The number of halogens is 4. The molecule has 0 aliphatic carbocycles. The Kier molecular flexibility index (Phi) is 8.20. The molecule has 4 aromatic rings. The van der Waals surface area contributed by atoms with Gasteiger partial charge in [-0.05, 0) is 42.7 Å². The minimum atomic E-state index is -5.03. The molecule has 0 spiro atoms. The third-order valence-electron chi connectivity index (χ3n) is 5.81. The molecule has 0 aliphatic heterocycles. The molecule has 0 amide bonds. The van der Waals surface area contributed by atoms with Gasteiger partial charge < -0.3 is 18.6 Å². The minimum absolute atomic E-state index is 0.000195. The summed E-state index contributed by atoms with van der Waals surface area (Å²) in [7, 11) is 0. The Morgan fingerprint density at radius 1 is 1.00 bits per heavy atom. The summed E-state index contributed by atoms with van der Waals surface area (Å²) >= 11 is 6.06. The minimum Gasteiger partial charge on any atom is -0.479 e. The van der Waals surface area contributed by atoms with Gasteiger partial charge in [0.1, 0.15) is 23.7 Å². The molecule has 10 heteroatoms. The summed E-state index contributed by atoms with van der Waals surface area (Å²) in [4.78, 5) is 25.6. The standard InChI is InChI=1S/C29H24ClF3O6/c1-16(2)20-9-5-7-11-23(20)38-26-25(34)21-13-12-19(14-24(21)39-27(26)29(31,32)33)37-17(3)28(35)36-15-18-8-4-6-10-22(18)30/h4-14,16-17H,15H2,1-3H3. The number of rotatable bonds is 8. The number of fused-ring (bicyclic) bond motifs is 1. The van der Waals surface area contributed by atoms with Crippen LogP contribution in [-0.4, -0.2) is 12.1 Å². The Morgan fingerprint density at radius 2 is 1.69 bits per heavy atom. The fourth-order valence-electron chi connectivity index (χ4n) is 3.80. The van der Waals surface area contributed by atoms with Gasteiger partial charge in [-0.1, -0.05) is 61.8 Å². The van der Waals surface area contributed by atoms with E-state index in [-0.39, 0.29) is 35.0 Å². The van der Waals surface area contributed by atoms with Gasteiger partial charge in [0.2, 0.25) is 11.2 Å². The van der Waals surface area contributed by atoms with Crippen molar-refractivity contribution in [3.63, 3.8) is 0 Å². The molecule has 0 saturated carbocycles. The van der Waals surface area contributed by atoms with Crippen molar-refractivity contribution in [2.75, 3.05) is 0 Å². The number of carbonyl (C=O) groups excluding carboxylic acids is 1. The van der Waals surface area contributed by atoms with Crippen molar-refractivity contribution >= 4 is 28.5 Å². The van der Waals surface area contributed by atoms with Gasteiger partial charge in [0.05, 0.1) is 5.39 Å². The Labute approximate surface area is 226 Å². The van der Waals surface area contributed by atoms with Crippen LogP contribution in [0, 0.1) is 0 Å². The first-order valence-corrected chi connectivity index (χ1v) is 12.3. The van der Waals surface area contributed by atoms with E-state index in [0.717, 1.165) is 6.07 Å². The monoisotopic (exact) mass is 560 g/mol. The van der Waals surface area contributed by atoms with E-state index in [9.17, 15) is 22.8 Å². The number of carbonyl (C=O) groups is 1. The Bertz CT molecular complexity index is 1560. The van der Waals surface area contributed by atoms with Gasteiger partial charge in [0.15, 0.2) is 6.10 Å². The van der Waals surface area contributed by atoms with Crippen molar-refractivity contribution in [3.8, 4) is 17.2 Å². The van der Waals surface area contributed by atoms with Crippen molar-refractivity contribution in [1.82, 2.24) is 0 Å². The van der Waals surface area contributed by atoms with Crippen molar-refractivity contribution in [3.05, 3.63) is 98.9 Å². The average molecular weight is 561 g/mol. The highest BCUT2D eigenvalue weighted by Gasteiger charge is 2.40. The van der Waals surface area contributed by atoms with Crippen LogP contribution in [0.3, 0.4) is 0 Å². The molecule has 4 rings (SSSR count). The normalized spacial score (nSPS) is 12.4. The quantitative estimate of drug-likeness (QED) is 0.204. The van der Waals surface area contributed by atoms with Crippen molar-refractivity contribution < 1.29 is 36.6 Å². The molecule has 0 saturated heterocycles. The third kappa shape index (κ3) is 6.37. The molecule has 1 aromatic heterocycles. The second kappa shape index (κ2) is 11.4. The van der Waals surface area contributed by atoms with Gasteiger partial charge in [-0.25, -0.2) is 4.79 Å². The summed E-state index contributed by atoms with van der Waals surface area (Å²) in [6.45, 7) is 5.03. The number of benzene rings is 3. The third-order valence-corrected chi connectivity index (χ3v) is 6.17. The molecule has 0 bridgehead atoms. The largest absolute Gasteiger partial charge is 0.479 e. The van der Waals surface area contributed by atoms with E-state index in [1.54, 1.807) is 42.5 Å². The lowest BCUT2D eigenvalue weighted by Gasteiger charge is -2.17. The number of esters is 1. The van der Waals surface area contributed by atoms with Crippen LogP contribution in [-0.2, 0) is 22.3 Å². The van der Waals surface area contributed by atoms with Crippen LogP contribution in [0.25, 0.3) is 11.0 Å². The zero-order valence-corrected chi connectivity index (χ0v) is 21.9. The van der Waals surface area contributed by atoms with E-state index in [1.165, 1.54) is 25.1 Å². The summed E-state index contributed by atoms with van der Waals surface area (Å²) in [5.41, 5.74) is -0.156. The van der Waals surface area contributed by atoms with Crippen molar-refractivity contribution in [2.24, 2.45) is 0 Å². The highest BCUT2D eigenvalue weighted by Crippen LogP contribution is 2.40. The van der Waals surface area contributed by atoms with Crippen LogP contribution in [0.1, 0.15) is 43.6 Å². The van der Waals surface area contributed by atoms with Gasteiger partial charge in [-0.3, -0.25) is 4.79 Å². The fraction of sp³-hybridized carbons (Fsp3) is 0.241. The van der Waals surface area contributed by atoms with Crippen LogP contribution in [0.2, 0.25) is 5.02 Å². The van der Waals surface area contributed by atoms with Gasteiger partial charge in [-0.15, -0.1) is 0 Å². The number of alkyl halides is 3. The lowest BCUT2D eigenvalue weighted by molar-refractivity contribution is -0.154. The van der Waals surface area contributed by atoms with Gasteiger partial charge in [0.25, 0.3) is 5.76 Å². The molecule has 0 fully saturated rings. The summed E-state index contributed by atoms with van der Waals surface area (Å²) in [6, 6.07) is 17.1. The predicted octanol–water partition coefficient (Wildman–Crippen LogP) is 7.89. The summed E-state index contributed by atoms with van der Waals surface area (Å²) in [5, 5.41) is 0.279. The SMILES string of the molecule is CC(Oc1ccc2c(=O)c(Oc3ccccc3C(C)C)c(C(F)(F)F)oc2c1)C(=O)OCc1ccccc1Cl. The number of ether oxygens (including phenoxy) is 3. The Balaban J connectivity index is 1.62. The molecule has 3 aromatic carbocycles. The van der Waals surface area contributed by atoms with E-state index < -0.39 is 35.2 Å². The molecular formula is C29H24ClF3O6. The van der Waals surface area contributed by atoms with E-state index >= 15 is 0 Å². The Morgan fingerprint density at radius 3 is 2.38 bits per heavy atom. The van der Waals surface area contributed by atoms with Crippen LogP contribution in [0.15, 0.2) is 75.9 Å². The first kappa shape index (κ1) is 28.0. The molecule has 1 atom stereocenters. The highest BCUT2D eigenvalue weighted by molar-refractivity contribution is 6.31. The van der Waals surface area contributed by atoms with E-state index in [4.69, 9.17) is 30.2 Å². The van der Waals surface area contributed by atoms with Crippen molar-refractivity contribution in [1.29, 1.82) is 0 Å². The predicted molar refractivity (Wildman–Crippen MR) is 139 cm³/mol. The fourth-order valence-corrected chi connectivity index (χ4v) is 3.99. The molecular weight excluding hydrogens is 537 g/mol. The lowest BCUT2D eigenvalue weighted by atomic mass is 10.0. The van der Waals surface area contributed by atoms with Gasteiger partial charge >= 0.3 is 12.1 Å². The van der Waals surface area contributed by atoms with Crippen molar-refractivity contribution in [2.45, 2.75) is 45.6 Å². The van der Waals surface area contributed by atoms with E-state index in [1.807, 2.05) is 13.8 Å². The Hall–Kier alpha value is -3.98. The molecule has 1 unspecified atom stereocenters. The molecule has 0 N–H and O–H groups in total. The average Bonchev–Trinajstić information content (AvgIpc) is 2.89. The molecule has 0 radical (unpaired) electrons. The van der Waals surface area contributed by atoms with Gasteiger partial charge in [-0.2, -0.15) is 13.2 Å². The van der Waals surface area contributed by atoms with Crippen LogP contribution in [0.5, 0.6) is 17.2 Å². The van der Waals surface area contributed by atoms with Gasteiger partial charge in [0, 0.05) is 16.7 Å². The lowest BCUT2D eigenvalue weighted by Crippen LogP contribution is -2.26. The van der Waals surface area contributed by atoms with E-state index in [2.05, 4.69) is 0 Å². The zero-order chi connectivity index (χ0) is 28.3. The second-order valence-corrected chi connectivity index (χ2v) is 9.41. The number of hydrogen-bond donors (Lipinski definition) is 0. The first-order chi connectivity index (χ1) is 18.5. The zero-order valence-electron chi connectivity index (χ0n) is 21.2. The maximum absolute atomic E-state index is 14.0. The smallest absolute Gasteiger partial charge is 0.453 e. The molecule has 6 nitrogen and oxygen atoms in total. The summed E-state index contributed by atoms with van der Waals surface area (Å²) < 4.78 is 63.4. The first-order valence-electron chi connectivity index (χ1n) is 12.0. The summed E-state index contributed by atoms with van der Waals surface area (Å²) in [6.07, 6.45) is -6.14. The topological polar surface area (TPSA) is 75.0 Å². The second-order valence-electron chi connectivity index (χ2n) is 9.00. The molecule has 0 aliphatic rings. The summed E-state index contributed by atoms with van der Waals surface area (Å²) in [5.74, 6) is -3.22. The van der Waals surface area contributed by atoms with Crippen LogP contribution >= 0.6 is 11.6 Å². The molecule has 39 heavy (non-hydrogen) atoms. The van der Waals surface area contributed by atoms with Crippen LogP contribution < -0.4 is 14.9 Å². The number of para-hydroxylation sites is 1. The molecule has 1 heterocycles. The number of hydrogen-bond acceptors (Lipinski definition) is 6. The van der Waals surface area contributed by atoms with Crippen LogP contribution in [0.4, 0.5) is 13.2 Å². The van der Waals surface area contributed by atoms with E-state index in [0.29, 0.717) is 16.1 Å². The molecule has 204 valence electrons. The maximum atomic E-state index is 14.0.